The van der Waals surface area contributed by atoms with Crippen LogP contribution >= 0.6 is 11.3 Å². The van der Waals surface area contributed by atoms with E-state index >= 15 is 0 Å². The minimum absolute atomic E-state index is 0.0106. The number of piperidine rings is 1. The molecule has 0 bridgehead atoms. The first kappa shape index (κ1) is 25.9. The lowest BCUT2D eigenvalue weighted by Crippen LogP contribution is -2.57. The van der Waals surface area contributed by atoms with E-state index in [1.807, 2.05) is 0 Å². The van der Waals surface area contributed by atoms with Crippen LogP contribution < -0.4 is 5.32 Å². The van der Waals surface area contributed by atoms with E-state index in [1.165, 1.54) is 35.6 Å². The maximum absolute atomic E-state index is 14.5. The molecule has 1 saturated heterocycles. The van der Waals surface area contributed by atoms with E-state index in [9.17, 15) is 31.1 Å². The average Bonchev–Trinajstić information content (AvgIpc) is 3.19. The van der Waals surface area contributed by atoms with Crippen LogP contribution in [0, 0.1) is 18.7 Å². The molecule has 1 aromatic carbocycles. The van der Waals surface area contributed by atoms with Gasteiger partial charge in [-0.1, -0.05) is 19.1 Å². The number of carbonyl (C=O) groups is 1. The fourth-order valence-electron chi connectivity index (χ4n) is 4.16. The molecule has 6 nitrogen and oxygen atoms in total. The fraction of sp³-hybridized carbons (Fsp3) is 0.391. The Bertz CT molecular complexity index is 1230. The van der Waals surface area contributed by atoms with Crippen LogP contribution in [0.15, 0.2) is 36.7 Å². The molecule has 1 unspecified atom stereocenters. The molecule has 1 N–H and O–H groups in total. The normalized spacial score (nSPS) is 19.8. The molecule has 3 aromatic rings. The smallest absolute Gasteiger partial charge is 0.367 e. The number of alkyl halides is 5. The topological polar surface area (TPSA) is 71.0 Å². The molecule has 0 spiro atoms. The number of nitrogens with one attached hydrogen (secondary N) is 1. The molecule has 1 fully saturated rings. The number of hydrogen-bond donors (Lipinski definition) is 1. The third-order valence-electron chi connectivity index (χ3n) is 5.82. The Kier molecular flexibility index (Phi) is 6.95. The van der Waals surface area contributed by atoms with Crippen LogP contribution in [0.5, 0.6) is 0 Å². The molecular formula is C23H21F6N5OS. The maximum Gasteiger partial charge on any atom is 0.434 e. The molecule has 1 amide bonds. The van der Waals surface area contributed by atoms with Gasteiger partial charge in [-0.25, -0.2) is 28.1 Å². The molecule has 0 radical (unpaired) electrons. The van der Waals surface area contributed by atoms with Gasteiger partial charge in [-0.05, 0) is 30.5 Å². The number of carbonyl (C=O) groups excluding carboxylic acids is 1. The maximum atomic E-state index is 14.5. The van der Waals surface area contributed by atoms with Gasteiger partial charge in [0.15, 0.2) is 5.69 Å². The van der Waals surface area contributed by atoms with Crippen molar-refractivity contribution in [3.63, 3.8) is 0 Å². The molecule has 3 heterocycles. The summed E-state index contributed by atoms with van der Waals surface area (Å²) in [5.74, 6) is -4.95. The van der Waals surface area contributed by atoms with Gasteiger partial charge >= 0.3 is 6.18 Å². The summed E-state index contributed by atoms with van der Waals surface area (Å²) in [6.45, 7) is 2.36. The van der Waals surface area contributed by atoms with E-state index in [2.05, 4.69) is 20.3 Å². The fourth-order valence-corrected chi connectivity index (χ4v) is 5.07. The Morgan fingerprint density at radius 3 is 2.50 bits per heavy atom. The number of hydrogen-bond acceptors (Lipinski definition) is 6. The van der Waals surface area contributed by atoms with Gasteiger partial charge in [0.2, 0.25) is 0 Å². The van der Waals surface area contributed by atoms with Crippen LogP contribution in [0.2, 0.25) is 0 Å². The SMILES string of the molecule is Cc1nc(C(=O)N2CC(F)(F)C[C@@H](C)C2CNc2cnc(C(F)(F)F)cn2)c(-c2ccc(F)cc2)s1. The van der Waals surface area contributed by atoms with Crippen LogP contribution in [0.25, 0.3) is 10.4 Å². The summed E-state index contributed by atoms with van der Waals surface area (Å²) in [5.41, 5.74) is -0.659. The third-order valence-corrected chi connectivity index (χ3v) is 6.84. The molecule has 4 rings (SSSR count). The van der Waals surface area contributed by atoms with Gasteiger partial charge in [-0.2, -0.15) is 13.2 Å². The Labute approximate surface area is 206 Å². The number of aryl methyl sites for hydroxylation is 1. The molecular weight excluding hydrogens is 508 g/mol. The summed E-state index contributed by atoms with van der Waals surface area (Å²) in [6, 6.07) is 4.69. The molecule has 13 heteroatoms. The summed E-state index contributed by atoms with van der Waals surface area (Å²) in [4.78, 5) is 26.3. The minimum atomic E-state index is -4.65. The standard InChI is InChI=1S/C23H21F6N5OS/c1-12-7-22(25,26)11-34(16(12)8-31-18-10-30-17(9-32-18)23(27,28)29)21(35)19-20(36-13(2)33-19)14-3-5-15(24)6-4-14/h3-6,9-10,12,16H,7-8,11H2,1-2H3,(H,31,32)/t12-,16?/m1/s1. The second kappa shape index (κ2) is 9.68. The van der Waals surface area contributed by atoms with Gasteiger partial charge in [0.25, 0.3) is 11.8 Å². The quantitative estimate of drug-likeness (QED) is 0.432. The molecule has 0 saturated carbocycles. The van der Waals surface area contributed by atoms with Crippen molar-refractivity contribution >= 4 is 23.1 Å². The number of rotatable bonds is 5. The molecule has 36 heavy (non-hydrogen) atoms. The average molecular weight is 530 g/mol. The van der Waals surface area contributed by atoms with E-state index in [0.29, 0.717) is 21.6 Å². The predicted octanol–water partition coefficient (Wildman–Crippen LogP) is 5.66. The van der Waals surface area contributed by atoms with Crippen molar-refractivity contribution in [1.82, 2.24) is 19.9 Å². The Morgan fingerprint density at radius 2 is 1.89 bits per heavy atom. The van der Waals surface area contributed by atoms with Gasteiger partial charge < -0.3 is 10.2 Å². The molecule has 1 aliphatic rings. The Morgan fingerprint density at radius 1 is 1.19 bits per heavy atom. The van der Waals surface area contributed by atoms with Gasteiger partial charge in [0, 0.05) is 13.0 Å². The lowest BCUT2D eigenvalue weighted by atomic mass is 9.88. The van der Waals surface area contributed by atoms with Crippen molar-refractivity contribution in [2.45, 2.75) is 38.4 Å². The van der Waals surface area contributed by atoms with E-state index in [0.717, 1.165) is 11.1 Å². The van der Waals surface area contributed by atoms with Crippen molar-refractivity contribution in [3.8, 4) is 10.4 Å². The van der Waals surface area contributed by atoms with Crippen LogP contribution in [0.4, 0.5) is 32.2 Å². The number of likely N-dealkylation sites (tertiary alicyclic amines) is 1. The zero-order valence-corrected chi connectivity index (χ0v) is 19.9. The summed E-state index contributed by atoms with van der Waals surface area (Å²) < 4.78 is 80.7. The Balaban J connectivity index is 1.60. The summed E-state index contributed by atoms with van der Waals surface area (Å²) >= 11 is 1.19. The van der Waals surface area contributed by atoms with Gasteiger partial charge in [0.1, 0.15) is 17.3 Å². The number of aromatic nitrogens is 3. The first-order valence-corrected chi connectivity index (χ1v) is 11.7. The molecule has 0 aliphatic carbocycles. The van der Waals surface area contributed by atoms with Gasteiger partial charge in [0.05, 0.1) is 34.9 Å². The molecule has 1 aliphatic heterocycles. The zero-order chi connectivity index (χ0) is 26.3. The Hall–Kier alpha value is -3.22. The highest BCUT2D eigenvalue weighted by Crippen LogP contribution is 2.37. The van der Waals surface area contributed by atoms with E-state index in [4.69, 9.17) is 0 Å². The van der Waals surface area contributed by atoms with Gasteiger partial charge in [-0.15, -0.1) is 11.3 Å². The van der Waals surface area contributed by atoms with E-state index in [-0.39, 0.29) is 18.1 Å². The number of thiazole rings is 1. The van der Waals surface area contributed by atoms with Crippen LogP contribution in [0.3, 0.4) is 0 Å². The number of nitrogens with zero attached hydrogens (tertiary/aromatic N) is 4. The third kappa shape index (κ3) is 5.61. The number of amides is 1. The van der Waals surface area contributed by atoms with Crippen LogP contribution in [-0.2, 0) is 6.18 Å². The zero-order valence-electron chi connectivity index (χ0n) is 19.1. The monoisotopic (exact) mass is 529 g/mol. The van der Waals surface area contributed by atoms with Gasteiger partial charge in [-0.3, -0.25) is 4.79 Å². The number of anilines is 1. The van der Waals surface area contributed by atoms with E-state index in [1.54, 1.807) is 13.8 Å². The van der Waals surface area contributed by atoms with Crippen molar-refractivity contribution in [2.24, 2.45) is 5.92 Å². The second-order valence-corrected chi connectivity index (χ2v) is 9.82. The highest BCUT2D eigenvalue weighted by molar-refractivity contribution is 7.15. The minimum Gasteiger partial charge on any atom is -0.367 e. The molecule has 2 atom stereocenters. The van der Waals surface area contributed by atoms with Crippen molar-refractivity contribution in [3.05, 3.63) is 58.9 Å². The highest BCUT2D eigenvalue weighted by atomic mass is 32.1. The van der Waals surface area contributed by atoms with Crippen molar-refractivity contribution < 1.29 is 31.1 Å². The number of benzene rings is 1. The first-order chi connectivity index (χ1) is 16.8. The lowest BCUT2D eigenvalue weighted by molar-refractivity contribution is -0.141. The summed E-state index contributed by atoms with van der Waals surface area (Å²) in [6.07, 6.45) is -3.65. The largest absolute Gasteiger partial charge is 0.434 e. The summed E-state index contributed by atoms with van der Waals surface area (Å²) in [7, 11) is 0. The second-order valence-electron chi connectivity index (χ2n) is 8.62. The highest BCUT2D eigenvalue weighted by Gasteiger charge is 2.47. The van der Waals surface area contributed by atoms with Crippen molar-refractivity contribution in [1.29, 1.82) is 0 Å². The van der Waals surface area contributed by atoms with Crippen molar-refractivity contribution in [2.75, 3.05) is 18.4 Å². The lowest BCUT2D eigenvalue weighted by Gasteiger charge is -2.43. The molecule has 192 valence electrons. The first-order valence-electron chi connectivity index (χ1n) is 10.9. The van der Waals surface area contributed by atoms with E-state index < -0.39 is 54.4 Å². The number of halogens is 6. The predicted molar refractivity (Wildman–Crippen MR) is 121 cm³/mol. The van der Waals surface area contributed by atoms with Crippen LogP contribution in [0.1, 0.15) is 34.5 Å². The summed E-state index contributed by atoms with van der Waals surface area (Å²) in [5, 5.41) is 3.34. The van der Waals surface area contributed by atoms with Crippen LogP contribution in [-0.4, -0.2) is 50.8 Å². The molecule has 2 aromatic heterocycles.